The number of fused-ring (bicyclic) bond motifs is 5. The summed E-state index contributed by atoms with van der Waals surface area (Å²) in [5.74, 6) is -0.912. The summed E-state index contributed by atoms with van der Waals surface area (Å²) >= 11 is 0. The van der Waals surface area contributed by atoms with E-state index in [1.165, 1.54) is 19.1 Å². The minimum Gasteiger partial charge on any atom is -0.459 e. The fourth-order valence-corrected chi connectivity index (χ4v) is 6.27. The van der Waals surface area contributed by atoms with Crippen LogP contribution in [0.1, 0.15) is 52.9 Å². The second-order valence-electron chi connectivity index (χ2n) is 8.81. The topological polar surface area (TPSA) is 60.4 Å². The summed E-state index contributed by atoms with van der Waals surface area (Å²) in [5, 5.41) is 0. The molecule has 0 aromatic rings. The summed E-state index contributed by atoms with van der Waals surface area (Å²) in [4.78, 5) is 36.2. The average molecular weight is 360 g/mol. The lowest BCUT2D eigenvalue weighted by Crippen LogP contribution is -2.67. The first kappa shape index (κ1) is 17.6. The van der Waals surface area contributed by atoms with Crippen LogP contribution in [0.2, 0.25) is 0 Å². The highest BCUT2D eigenvalue weighted by Crippen LogP contribution is 2.67. The Hall–Kier alpha value is -1.78. The van der Waals surface area contributed by atoms with Crippen molar-refractivity contribution in [2.75, 3.05) is 0 Å². The molecular weight excluding hydrogens is 335 g/mol. The van der Waals surface area contributed by atoms with Gasteiger partial charge in [0.25, 0.3) is 0 Å². The highest BCUT2D eigenvalue weighted by atomic mass is 19.1. The second kappa shape index (κ2) is 5.37. The smallest absolute Gasteiger partial charge is 0.303 e. The van der Waals surface area contributed by atoms with Gasteiger partial charge in [0.05, 0.1) is 0 Å². The van der Waals surface area contributed by atoms with Crippen LogP contribution in [0.15, 0.2) is 23.8 Å². The summed E-state index contributed by atoms with van der Waals surface area (Å²) in [5.41, 5.74) is -2.66. The number of ketones is 2. The molecule has 26 heavy (non-hydrogen) atoms. The molecule has 0 radical (unpaired) electrons. The van der Waals surface area contributed by atoms with E-state index < -0.39 is 28.6 Å². The molecule has 4 nitrogen and oxygen atoms in total. The number of carbonyl (C=O) groups excluding carboxylic acids is 3. The van der Waals surface area contributed by atoms with Gasteiger partial charge >= 0.3 is 5.97 Å². The van der Waals surface area contributed by atoms with Gasteiger partial charge in [-0.25, -0.2) is 4.39 Å². The molecule has 3 saturated carbocycles. The molecule has 0 saturated heterocycles. The van der Waals surface area contributed by atoms with Crippen molar-refractivity contribution in [1.29, 1.82) is 0 Å². The molecule has 4 aliphatic rings. The van der Waals surface area contributed by atoms with Crippen molar-refractivity contribution in [3.8, 4) is 0 Å². The van der Waals surface area contributed by atoms with Gasteiger partial charge in [0.15, 0.2) is 11.5 Å². The number of rotatable bonds is 1. The highest BCUT2D eigenvalue weighted by molar-refractivity contribution is 6.01. The van der Waals surface area contributed by atoms with Crippen LogP contribution in [-0.4, -0.2) is 29.3 Å². The Morgan fingerprint density at radius 2 is 1.88 bits per heavy atom. The lowest BCUT2D eigenvalue weighted by molar-refractivity contribution is -0.208. The number of Topliss-reactive ketones (excluding diaryl/α,β-unsaturated/α-hetero) is 1. The van der Waals surface area contributed by atoms with Gasteiger partial charge in [0, 0.05) is 36.5 Å². The van der Waals surface area contributed by atoms with Crippen LogP contribution in [0.4, 0.5) is 4.39 Å². The van der Waals surface area contributed by atoms with E-state index in [0.717, 1.165) is 5.57 Å². The van der Waals surface area contributed by atoms with E-state index in [1.807, 2.05) is 13.8 Å². The van der Waals surface area contributed by atoms with E-state index >= 15 is 4.39 Å². The first-order valence-corrected chi connectivity index (χ1v) is 9.46. The number of carbonyl (C=O) groups is 3. The zero-order valence-electron chi connectivity index (χ0n) is 15.5. The Morgan fingerprint density at radius 3 is 2.58 bits per heavy atom. The molecular formula is C21H25FO4. The maximum Gasteiger partial charge on any atom is 0.303 e. The van der Waals surface area contributed by atoms with E-state index in [2.05, 4.69) is 0 Å². The monoisotopic (exact) mass is 360 g/mol. The van der Waals surface area contributed by atoms with Crippen LogP contribution in [0.25, 0.3) is 0 Å². The molecule has 6 atom stereocenters. The summed E-state index contributed by atoms with van der Waals surface area (Å²) in [7, 11) is 0. The third-order valence-electron chi connectivity index (χ3n) is 7.63. The SMILES string of the molecule is CC(=O)O[C@H]1C[C@]2(C)C(=O)CC[C@H]2[C@@H]2CCC3=CC(=O)C=C[C@]3(C)[C@@]12F. The molecule has 3 fully saturated rings. The van der Waals surface area contributed by atoms with Gasteiger partial charge in [0.2, 0.25) is 0 Å². The van der Waals surface area contributed by atoms with Gasteiger partial charge < -0.3 is 4.74 Å². The Morgan fingerprint density at radius 1 is 1.19 bits per heavy atom. The van der Waals surface area contributed by atoms with Gasteiger partial charge in [-0.2, -0.15) is 0 Å². The standard InChI is InChI=1S/C21H25FO4/c1-12(23)26-18-11-19(2)15(6-7-17(19)25)16-5-4-13-10-14(24)8-9-20(13,3)21(16,18)22/h8-10,15-16,18H,4-7,11H2,1-3H3/t15-,16-,18-,19-,20-,21-/m0/s1. The number of alkyl halides is 1. The average Bonchev–Trinajstić information content (AvgIpc) is 2.84. The summed E-state index contributed by atoms with van der Waals surface area (Å²) in [6.07, 6.45) is 6.22. The minimum absolute atomic E-state index is 0.0452. The lowest BCUT2D eigenvalue weighted by Gasteiger charge is -2.61. The van der Waals surface area contributed by atoms with Crippen LogP contribution in [-0.2, 0) is 19.1 Å². The van der Waals surface area contributed by atoms with Crippen LogP contribution < -0.4 is 0 Å². The third-order valence-corrected chi connectivity index (χ3v) is 7.63. The van der Waals surface area contributed by atoms with Crippen molar-refractivity contribution < 1.29 is 23.5 Å². The first-order chi connectivity index (χ1) is 12.1. The fraction of sp³-hybridized carbons (Fsp3) is 0.667. The largest absolute Gasteiger partial charge is 0.459 e. The summed E-state index contributed by atoms with van der Waals surface area (Å²) in [6.45, 7) is 5.01. The predicted octanol–water partition coefficient (Wildman–Crippen LogP) is 3.50. The van der Waals surface area contributed by atoms with Crippen LogP contribution >= 0.6 is 0 Å². The van der Waals surface area contributed by atoms with E-state index in [1.54, 1.807) is 6.08 Å². The minimum atomic E-state index is -1.81. The van der Waals surface area contributed by atoms with Crippen molar-refractivity contribution in [3.05, 3.63) is 23.8 Å². The molecule has 0 bridgehead atoms. The molecule has 0 aliphatic heterocycles. The van der Waals surface area contributed by atoms with E-state index in [0.29, 0.717) is 25.7 Å². The summed E-state index contributed by atoms with van der Waals surface area (Å²) in [6, 6.07) is 0. The quantitative estimate of drug-likeness (QED) is 0.672. The first-order valence-electron chi connectivity index (χ1n) is 9.46. The number of halogens is 1. The summed E-state index contributed by atoms with van der Waals surface area (Å²) < 4.78 is 22.5. The van der Waals surface area contributed by atoms with E-state index in [4.69, 9.17) is 4.74 Å². The molecule has 0 N–H and O–H groups in total. The molecule has 0 unspecified atom stereocenters. The molecule has 0 aromatic carbocycles. The molecule has 4 rings (SSSR count). The van der Waals surface area contributed by atoms with Crippen molar-refractivity contribution in [2.24, 2.45) is 22.7 Å². The number of ether oxygens (including phenoxy) is 1. The zero-order valence-corrected chi connectivity index (χ0v) is 15.5. The second-order valence-corrected chi connectivity index (χ2v) is 8.81. The van der Waals surface area contributed by atoms with Crippen LogP contribution in [0, 0.1) is 22.7 Å². The van der Waals surface area contributed by atoms with Crippen LogP contribution in [0.5, 0.6) is 0 Å². The Bertz CT molecular complexity index is 768. The van der Waals surface area contributed by atoms with Crippen molar-refractivity contribution >= 4 is 17.5 Å². The van der Waals surface area contributed by atoms with Gasteiger partial charge in [-0.3, -0.25) is 14.4 Å². The molecule has 4 aliphatic carbocycles. The molecule has 5 heteroatoms. The molecule has 0 amide bonds. The Labute approximate surface area is 152 Å². The maximum atomic E-state index is 17.0. The predicted molar refractivity (Wildman–Crippen MR) is 92.9 cm³/mol. The molecule has 0 spiro atoms. The van der Waals surface area contributed by atoms with Crippen molar-refractivity contribution in [1.82, 2.24) is 0 Å². The highest BCUT2D eigenvalue weighted by Gasteiger charge is 2.71. The lowest BCUT2D eigenvalue weighted by atomic mass is 9.46. The van der Waals surface area contributed by atoms with Gasteiger partial charge in [-0.05, 0) is 44.3 Å². The van der Waals surface area contributed by atoms with Gasteiger partial charge in [-0.1, -0.05) is 18.6 Å². The Kier molecular flexibility index (Phi) is 3.64. The van der Waals surface area contributed by atoms with E-state index in [9.17, 15) is 14.4 Å². The Balaban J connectivity index is 1.87. The van der Waals surface area contributed by atoms with Crippen LogP contribution in [0.3, 0.4) is 0 Å². The van der Waals surface area contributed by atoms with Gasteiger partial charge in [0.1, 0.15) is 11.9 Å². The number of hydrogen-bond donors (Lipinski definition) is 0. The van der Waals surface area contributed by atoms with Crippen molar-refractivity contribution in [2.45, 2.75) is 64.6 Å². The van der Waals surface area contributed by atoms with E-state index in [-0.39, 0.29) is 29.8 Å². The zero-order chi connectivity index (χ0) is 18.9. The molecule has 0 aromatic heterocycles. The molecule has 140 valence electrons. The maximum absolute atomic E-state index is 17.0. The third kappa shape index (κ3) is 2.03. The molecule has 0 heterocycles. The van der Waals surface area contributed by atoms with Gasteiger partial charge in [-0.15, -0.1) is 0 Å². The number of allylic oxidation sites excluding steroid dienone is 4. The fourth-order valence-electron chi connectivity index (χ4n) is 6.27. The number of esters is 1. The number of hydrogen-bond acceptors (Lipinski definition) is 4. The normalized spacial score (nSPS) is 46.9. The van der Waals surface area contributed by atoms with Crippen molar-refractivity contribution in [3.63, 3.8) is 0 Å².